The highest BCUT2D eigenvalue weighted by atomic mass is 15.1. The Morgan fingerprint density at radius 2 is 1.86 bits per heavy atom. The first-order valence-corrected chi connectivity index (χ1v) is 8.68. The van der Waals surface area contributed by atoms with E-state index >= 15 is 0 Å². The molecule has 118 valence electrons. The summed E-state index contributed by atoms with van der Waals surface area (Å²) in [6.45, 7) is 5.60. The average molecular weight is 296 g/mol. The summed E-state index contributed by atoms with van der Waals surface area (Å²) in [6, 6.07) is 9.39. The van der Waals surface area contributed by atoms with Crippen LogP contribution in [0.25, 0.3) is 0 Å². The SMILES string of the molecule is C#CCN(C)C[C@H]1C[C@H](c2ccc(CN3CCCC3)cc2)C1. The van der Waals surface area contributed by atoms with Crippen LogP contribution in [0.3, 0.4) is 0 Å². The van der Waals surface area contributed by atoms with Crippen molar-refractivity contribution in [1.29, 1.82) is 0 Å². The lowest BCUT2D eigenvalue weighted by Gasteiger charge is -2.37. The lowest BCUT2D eigenvalue weighted by molar-refractivity contribution is 0.191. The minimum atomic E-state index is 0.769. The molecular formula is C20H28N2. The van der Waals surface area contributed by atoms with Gasteiger partial charge in [0.15, 0.2) is 0 Å². The maximum absolute atomic E-state index is 5.36. The van der Waals surface area contributed by atoms with Crippen LogP contribution in [-0.2, 0) is 6.54 Å². The molecule has 2 fully saturated rings. The minimum Gasteiger partial charge on any atom is -0.299 e. The molecule has 1 saturated carbocycles. The van der Waals surface area contributed by atoms with Crippen molar-refractivity contribution in [1.82, 2.24) is 9.80 Å². The summed E-state index contributed by atoms with van der Waals surface area (Å²) in [7, 11) is 2.13. The smallest absolute Gasteiger partial charge is 0.0596 e. The topological polar surface area (TPSA) is 6.48 Å². The van der Waals surface area contributed by atoms with Crippen molar-refractivity contribution in [2.75, 3.05) is 33.2 Å². The van der Waals surface area contributed by atoms with E-state index in [-0.39, 0.29) is 0 Å². The summed E-state index contributed by atoms with van der Waals surface area (Å²) >= 11 is 0. The van der Waals surface area contributed by atoms with Gasteiger partial charge < -0.3 is 0 Å². The van der Waals surface area contributed by atoms with E-state index in [1.165, 1.54) is 49.9 Å². The van der Waals surface area contributed by atoms with Gasteiger partial charge in [-0.25, -0.2) is 0 Å². The first-order chi connectivity index (χ1) is 10.7. The molecule has 1 saturated heterocycles. The van der Waals surface area contributed by atoms with Crippen LogP contribution in [0.15, 0.2) is 24.3 Å². The van der Waals surface area contributed by atoms with E-state index in [1.807, 2.05) is 0 Å². The van der Waals surface area contributed by atoms with Crippen molar-refractivity contribution in [3.8, 4) is 12.3 Å². The second-order valence-corrected chi connectivity index (χ2v) is 7.16. The molecule has 0 N–H and O–H groups in total. The predicted molar refractivity (Wildman–Crippen MR) is 92.7 cm³/mol. The van der Waals surface area contributed by atoms with Gasteiger partial charge in [-0.05, 0) is 68.8 Å². The van der Waals surface area contributed by atoms with Crippen LogP contribution in [0, 0.1) is 18.3 Å². The van der Waals surface area contributed by atoms with Gasteiger partial charge in [0.1, 0.15) is 0 Å². The van der Waals surface area contributed by atoms with Crippen LogP contribution in [0.5, 0.6) is 0 Å². The third-order valence-electron chi connectivity index (χ3n) is 5.22. The van der Waals surface area contributed by atoms with Crippen molar-refractivity contribution < 1.29 is 0 Å². The Balaban J connectivity index is 1.45. The quantitative estimate of drug-likeness (QED) is 0.743. The van der Waals surface area contributed by atoms with Crippen LogP contribution < -0.4 is 0 Å². The number of hydrogen-bond donors (Lipinski definition) is 0. The largest absolute Gasteiger partial charge is 0.299 e. The highest BCUT2D eigenvalue weighted by Crippen LogP contribution is 2.41. The zero-order valence-corrected chi connectivity index (χ0v) is 13.8. The number of terminal acetylenes is 1. The fourth-order valence-corrected chi connectivity index (χ4v) is 3.91. The van der Waals surface area contributed by atoms with Gasteiger partial charge in [0.2, 0.25) is 0 Å². The Bertz CT molecular complexity index is 502. The molecule has 0 unspecified atom stereocenters. The molecule has 1 aliphatic heterocycles. The predicted octanol–water partition coefficient (Wildman–Crippen LogP) is 3.34. The van der Waals surface area contributed by atoms with Crippen molar-refractivity contribution >= 4 is 0 Å². The third-order valence-corrected chi connectivity index (χ3v) is 5.22. The second kappa shape index (κ2) is 7.31. The lowest BCUT2D eigenvalue weighted by Crippen LogP contribution is -2.33. The Labute approximate surface area is 135 Å². The van der Waals surface area contributed by atoms with E-state index in [0.717, 1.165) is 31.5 Å². The molecular weight excluding hydrogens is 268 g/mol. The molecule has 0 atom stereocenters. The van der Waals surface area contributed by atoms with Crippen LogP contribution in [0.2, 0.25) is 0 Å². The zero-order chi connectivity index (χ0) is 15.4. The molecule has 1 heterocycles. The summed E-state index contributed by atoms with van der Waals surface area (Å²) in [5, 5.41) is 0. The molecule has 22 heavy (non-hydrogen) atoms. The molecule has 2 heteroatoms. The summed E-state index contributed by atoms with van der Waals surface area (Å²) in [4.78, 5) is 4.83. The van der Waals surface area contributed by atoms with Crippen LogP contribution in [0.1, 0.15) is 42.7 Å². The summed E-state index contributed by atoms with van der Waals surface area (Å²) < 4.78 is 0. The van der Waals surface area contributed by atoms with Gasteiger partial charge >= 0.3 is 0 Å². The molecule has 2 aliphatic rings. The van der Waals surface area contributed by atoms with Gasteiger partial charge in [-0.3, -0.25) is 9.80 Å². The molecule has 1 aromatic rings. The Hall–Kier alpha value is -1.30. The summed E-state index contributed by atoms with van der Waals surface area (Å²) in [6.07, 6.45) is 10.7. The van der Waals surface area contributed by atoms with E-state index in [1.54, 1.807) is 0 Å². The molecule has 0 amide bonds. The highest BCUT2D eigenvalue weighted by Gasteiger charge is 2.30. The molecule has 3 rings (SSSR count). The number of benzene rings is 1. The second-order valence-electron chi connectivity index (χ2n) is 7.16. The minimum absolute atomic E-state index is 0.769. The molecule has 0 bridgehead atoms. The highest BCUT2D eigenvalue weighted by molar-refractivity contribution is 5.27. The van der Waals surface area contributed by atoms with Crippen LogP contribution in [-0.4, -0.2) is 43.0 Å². The molecule has 0 aromatic heterocycles. The molecule has 0 radical (unpaired) electrons. The standard InChI is InChI=1S/C20H28N2/c1-3-10-21(2)15-18-13-20(14-18)19-8-6-17(7-9-19)16-22-11-4-5-12-22/h1,6-9,18,20H,4-5,10-16H2,2H3/t18-,20-. The third kappa shape index (κ3) is 3.91. The fourth-order valence-electron chi connectivity index (χ4n) is 3.91. The van der Waals surface area contributed by atoms with Gasteiger partial charge in [-0.1, -0.05) is 30.2 Å². The van der Waals surface area contributed by atoms with Crippen molar-refractivity contribution in [3.63, 3.8) is 0 Å². The number of hydrogen-bond acceptors (Lipinski definition) is 2. The van der Waals surface area contributed by atoms with E-state index in [9.17, 15) is 0 Å². The van der Waals surface area contributed by atoms with Crippen molar-refractivity contribution in [2.45, 2.75) is 38.1 Å². The first kappa shape index (κ1) is 15.6. The lowest BCUT2D eigenvalue weighted by atomic mass is 9.71. The maximum atomic E-state index is 5.36. The van der Waals surface area contributed by atoms with Gasteiger partial charge in [-0.15, -0.1) is 6.42 Å². The summed E-state index contributed by atoms with van der Waals surface area (Å²) in [5.41, 5.74) is 3.00. The van der Waals surface area contributed by atoms with Crippen molar-refractivity contribution in [3.05, 3.63) is 35.4 Å². The van der Waals surface area contributed by atoms with E-state index < -0.39 is 0 Å². The van der Waals surface area contributed by atoms with Gasteiger partial charge in [0.05, 0.1) is 6.54 Å². The number of likely N-dealkylation sites (tertiary alicyclic amines) is 1. The average Bonchev–Trinajstić information content (AvgIpc) is 2.97. The van der Waals surface area contributed by atoms with Gasteiger partial charge in [0, 0.05) is 13.1 Å². The first-order valence-electron chi connectivity index (χ1n) is 8.68. The number of rotatable bonds is 6. The van der Waals surface area contributed by atoms with Crippen LogP contribution >= 0.6 is 0 Å². The van der Waals surface area contributed by atoms with E-state index in [0.29, 0.717) is 0 Å². The molecule has 1 aromatic carbocycles. The molecule has 0 spiro atoms. The zero-order valence-electron chi connectivity index (χ0n) is 13.8. The van der Waals surface area contributed by atoms with Crippen molar-refractivity contribution in [2.24, 2.45) is 5.92 Å². The van der Waals surface area contributed by atoms with Crippen LogP contribution in [0.4, 0.5) is 0 Å². The summed E-state index contributed by atoms with van der Waals surface area (Å²) in [5.74, 6) is 4.32. The van der Waals surface area contributed by atoms with Gasteiger partial charge in [0.25, 0.3) is 0 Å². The van der Waals surface area contributed by atoms with E-state index in [4.69, 9.17) is 6.42 Å². The normalized spacial score (nSPS) is 25.1. The Morgan fingerprint density at radius 3 is 2.50 bits per heavy atom. The maximum Gasteiger partial charge on any atom is 0.0596 e. The molecule has 1 aliphatic carbocycles. The Kier molecular flexibility index (Phi) is 5.18. The monoisotopic (exact) mass is 296 g/mol. The van der Waals surface area contributed by atoms with E-state index in [2.05, 4.69) is 47.0 Å². The Morgan fingerprint density at radius 1 is 1.18 bits per heavy atom. The number of nitrogens with zero attached hydrogens (tertiary/aromatic N) is 2. The fraction of sp³-hybridized carbons (Fsp3) is 0.600. The molecule has 2 nitrogen and oxygen atoms in total. The van der Waals surface area contributed by atoms with Gasteiger partial charge in [-0.2, -0.15) is 0 Å².